The largest absolute Gasteiger partial charge is 0.457 e. The quantitative estimate of drug-likeness (QED) is 0.462. The van der Waals surface area contributed by atoms with E-state index in [0.29, 0.717) is 19.7 Å². The summed E-state index contributed by atoms with van der Waals surface area (Å²) in [6.45, 7) is 3.43. The predicted molar refractivity (Wildman–Crippen MR) is 118 cm³/mol. The minimum atomic E-state index is -0.255. The Balaban J connectivity index is 1.48. The molecule has 4 nitrogen and oxygen atoms in total. The third-order valence-corrected chi connectivity index (χ3v) is 5.47. The van der Waals surface area contributed by atoms with Gasteiger partial charge in [-0.2, -0.15) is 0 Å². The zero-order valence-electron chi connectivity index (χ0n) is 17.3. The highest BCUT2D eigenvalue weighted by Gasteiger charge is 2.27. The molecule has 3 aromatic rings. The van der Waals surface area contributed by atoms with E-state index in [9.17, 15) is 4.79 Å². The zero-order chi connectivity index (χ0) is 20.8. The molecule has 0 radical (unpaired) electrons. The Morgan fingerprint density at radius 2 is 1.50 bits per heavy atom. The molecule has 1 heterocycles. The average molecular weight is 402 g/mol. The molecule has 0 saturated heterocycles. The monoisotopic (exact) mass is 401 g/mol. The summed E-state index contributed by atoms with van der Waals surface area (Å²) in [5.74, 6) is 2.10. The van der Waals surface area contributed by atoms with Crippen molar-refractivity contribution < 1.29 is 14.3 Å². The van der Waals surface area contributed by atoms with Gasteiger partial charge in [-0.3, -0.25) is 0 Å². The standard InChI is InChI=1S/C26H27NO3/c1-2-29-26(28)27(19-20-11-4-3-5-12-20)18-10-15-21-22-13-6-8-16-24(22)30-25-17-9-7-14-23(21)25/h3-9,11-14,16-17,21H,2,10,15,18-19H2,1H3. The summed E-state index contributed by atoms with van der Waals surface area (Å²) < 4.78 is 11.4. The van der Waals surface area contributed by atoms with Gasteiger partial charge < -0.3 is 14.4 Å². The van der Waals surface area contributed by atoms with Crippen LogP contribution in [0.1, 0.15) is 42.4 Å². The van der Waals surface area contributed by atoms with Crippen molar-refractivity contribution in [3.8, 4) is 11.5 Å². The fourth-order valence-corrected chi connectivity index (χ4v) is 4.06. The smallest absolute Gasteiger partial charge is 0.410 e. The maximum absolute atomic E-state index is 12.5. The maximum Gasteiger partial charge on any atom is 0.410 e. The van der Waals surface area contributed by atoms with E-state index >= 15 is 0 Å². The molecule has 3 aromatic carbocycles. The van der Waals surface area contributed by atoms with Gasteiger partial charge in [-0.1, -0.05) is 66.7 Å². The number of fused-ring (bicyclic) bond motifs is 2. The van der Waals surface area contributed by atoms with Crippen LogP contribution in [-0.2, 0) is 11.3 Å². The Morgan fingerprint density at radius 3 is 2.13 bits per heavy atom. The van der Waals surface area contributed by atoms with Crippen molar-refractivity contribution in [2.45, 2.75) is 32.2 Å². The van der Waals surface area contributed by atoms with Gasteiger partial charge in [0.05, 0.1) is 6.61 Å². The molecule has 154 valence electrons. The number of carbonyl (C=O) groups excluding carboxylic acids is 1. The third-order valence-electron chi connectivity index (χ3n) is 5.47. The lowest BCUT2D eigenvalue weighted by Gasteiger charge is -2.29. The van der Waals surface area contributed by atoms with Crippen molar-refractivity contribution in [1.29, 1.82) is 0 Å². The molecular formula is C26H27NO3. The van der Waals surface area contributed by atoms with Gasteiger partial charge in [-0.05, 0) is 37.5 Å². The molecule has 30 heavy (non-hydrogen) atoms. The van der Waals surface area contributed by atoms with Crippen molar-refractivity contribution in [3.05, 3.63) is 95.6 Å². The molecule has 4 rings (SSSR count). The number of benzene rings is 3. The molecular weight excluding hydrogens is 374 g/mol. The highest BCUT2D eigenvalue weighted by atomic mass is 16.6. The number of ether oxygens (including phenoxy) is 2. The van der Waals surface area contributed by atoms with Crippen LogP contribution in [0.25, 0.3) is 0 Å². The van der Waals surface area contributed by atoms with E-state index in [1.165, 1.54) is 11.1 Å². The first-order valence-electron chi connectivity index (χ1n) is 10.6. The second-order valence-electron chi connectivity index (χ2n) is 7.48. The van der Waals surface area contributed by atoms with Crippen molar-refractivity contribution >= 4 is 6.09 Å². The van der Waals surface area contributed by atoms with Gasteiger partial charge in [0, 0.05) is 30.1 Å². The predicted octanol–water partition coefficient (Wildman–Crippen LogP) is 6.36. The van der Waals surface area contributed by atoms with Gasteiger partial charge in [0.2, 0.25) is 0 Å². The molecule has 0 bridgehead atoms. The lowest BCUT2D eigenvalue weighted by molar-refractivity contribution is 0.103. The van der Waals surface area contributed by atoms with E-state index in [2.05, 4.69) is 24.3 Å². The Hall–Kier alpha value is -3.27. The SMILES string of the molecule is CCOC(=O)N(CCCC1c2ccccc2Oc2ccccc21)Cc1ccccc1. The van der Waals surface area contributed by atoms with Gasteiger partial charge in [0.15, 0.2) is 0 Å². The first-order valence-corrected chi connectivity index (χ1v) is 10.6. The summed E-state index contributed by atoms with van der Waals surface area (Å²) in [4.78, 5) is 14.3. The average Bonchev–Trinajstić information content (AvgIpc) is 2.78. The van der Waals surface area contributed by atoms with E-state index in [0.717, 1.165) is 29.9 Å². The Labute approximate surface area is 178 Å². The number of amides is 1. The van der Waals surface area contributed by atoms with Crippen LogP contribution in [0.2, 0.25) is 0 Å². The van der Waals surface area contributed by atoms with Crippen molar-refractivity contribution in [2.75, 3.05) is 13.2 Å². The summed E-state index contributed by atoms with van der Waals surface area (Å²) in [6.07, 6.45) is 1.55. The van der Waals surface area contributed by atoms with Crippen LogP contribution in [0, 0.1) is 0 Å². The van der Waals surface area contributed by atoms with Gasteiger partial charge in [-0.25, -0.2) is 4.79 Å². The summed E-state index contributed by atoms with van der Waals surface area (Å²) in [6, 6.07) is 26.5. The Kier molecular flexibility index (Phi) is 6.33. The minimum absolute atomic E-state index is 0.255. The zero-order valence-corrected chi connectivity index (χ0v) is 17.3. The van der Waals surface area contributed by atoms with Crippen LogP contribution in [0.3, 0.4) is 0 Å². The molecule has 1 amide bonds. The second-order valence-corrected chi connectivity index (χ2v) is 7.48. The molecule has 0 aromatic heterocycles. The highest BCUT2D eigenvalue weighted by molar-refractivity contribution is 5.67. The van der Waals surface area contributed by atoms with Gasteiger partial charge >= 0.3 is 6.09 Å². The molecule has 1 aliphatic rings. The van der Waals surface area contributed by atoms with E-state index in [-0.39, 0.29) is 12.0 Å². The van der Waals surface area contributed by atoms with Crippen molar-refractivity contribution in [1.82, 2.24) is 4.90 Å². The molecule has 0 spiro atoms. The maximum atomic E-state index is 12.5. The first-order chi connectivity index (χ1) is 14.8. The molecule has 0 saturated carbocycles. The summed E-state index contributed by atoms with van der Waals surface area (Å²) in [5.41, 5.74) is 3.52. The second kappa shape index (κ2) is 9.49. The van der Waals surface area contributed by atoms with Crippen LogP contribution < -0.4 is 4.74 Å². The highest BCUT2D eigenvalue weighted by Crippen LogP contribution is 2.45. The Bertz CT molecular complexity index is 941. The normalized spacial score (nSPS) is 12.4. The molecule has 1 aliphatic heterocycles. The molecule has 0 atom stereocenters. The van der Waals surface area contributed by atoms with Crippen LogP contribution in [0.4, 0.5) is 4.79 Å². The van der Waals surface area contributed by atoms with Crippen molar-refractivity contribution in [2.24, 2.45) is 0 Å². The first kappa shape index (κ1) is 20.0. The van der Waals surface area contributed by atoms with Crippen LogP contribution in [-0.4, -0.2) is 24.1 Å². The van der Waals surface area contributed by atoms with Gasteiger partial charge in [0.25, 0.3) is 0 Å². The molecule has 4 heteroatoms. The van der Waals surface area contributed by atoms with Crippen LogP contribution in [0.5, 0.6) is 11.5 Å². The lowest BCUT2D eigenvalue weighted by Crippen LogP contribution is -2.32. The summed E-state index contributed by atoms with van der Waals surface area (Å²) in [5, 5.41) is 0. The summed E-state index contributed by atoms with van der Waals surface area (Å²) >= 11 is 0. The van der Waals surface area contributed by atoms with Crippen LogP contribution in [0.15, 0.2) is 78.9 Å². The van der Waals surface area contributed by atoms with E-state index in [1.54, 1.807) is 4.90 Å². The molecule has 0 unspecified atom stereocenters. The van der Waals surface area contributed by atoms with E-state index < -0.39 is 0 Å². The van der Waals surface area contributed by atoms with Crippen molar-refractivity contribution in [3.63, 3.8) is 0 Å². The number of para-hydroxylation sites is 2. The number of carbonyl (C=O) groups is 1. The number of hydrogen-bond acceptors (Lipinski definition) is 3. The molecule has 0 N–H and O–H groups in total. The fourth-order valence-electron chi connectivity index (χ4n) is 4.06. The topological polar surface area (TPSA) is 38.8 Å². The number of rotatable bonds is 7. The number of nitrogens with zero attached hydrogens (tertiary/aromatic N) is 1. The Morgan fingerprint density at radius 1 is 0.900 bits per heavy atom. The fraction of sp³-hybridized carbons (Fsp3) is 0.269. The van der Waals surface area contributed by atoms with Gasteiger partial charge in [0.1, 0.15) is 11.5 Å². The van der Waals surface area contributed by atoms with E-state index in [1.807, 2.05) is 61.5 Å². The lowest BCUT2D eigenvalue weighted by atomic mass is 9.84. The van der Waals surface area contributed by atoms with Gasteiger partial charge in [-0.15, -0.1) is 0 Å². The summed E-state index contributed by atoms with van der Waals surface area (Å²) in [7, 11) is 0. The van der Waals surface area contributed by atoms with E-state index in [4.69, 9.17) is 9.47 Å². The molecule has 0 fully saturated rings. The van der Waals surface area contributed by atoms with Crippen LogP contribution >= 0.6 is 0 Å². The molecule has 0 aliphatic carbocycles. The third kappa shape index (κ3) is 4.48. The minimum Gasteiger partial charge on any atom is -0.457 e. The number of hydrogen-bond donors (Lipinski definition) is 0.